The summed E-state index contributed by atoms with van der Waals surface area (Å²) >= 11 is 12.5. The first-order chi connectivity index (χ1) is 18.6. The summed E-state index contributed by atoms with van der Waals surface area (Å²) in [6.45, 7) is 3.18. The normalized spacial score (nSPS) is 17.0. The number of anilines is 2. The second-order valence-corrected chi connectivity index (χ2v) is 12.2. The highest BCUT2D eigenvalue weighted by atomic mass is 35.5. The number of ether oxygens (including phenoxy) is 1. The maximum absolute atomic E-state index is 13.4. The van der Waals surface area contributed by atoms with Crippen LogP contribution in [0.5, 0.6) is 0 Å². The molecular formula is C28H29Cl2N3O5S. The first kappa shape index (κ1) is 28.9. The second-order valence-electron chi connectivity index (χ2n) is 9.57. The predicted molar refractivity (Wildman–Crippen MR) is 152 cm³/mol. The van der Waals surface area contributed by atoms with E-state index in [2.05, 4.69) is 5.32 Å². The summed E-state index contributed by atoms with van der Waals surface area (Å²) in [7, 11) is -4.20. The van der Waals surface area contributed by atoms with Crippen molar-refractivity contribution in [1.82, 2.24) is 8.61 Å². The number of esters is 1. The molecule has 8 nitrogen and oxygen atoms in total. The zero-order valence-corrected chi connectivity index (χ0v) is 23.8. The Morgan fingerprint density at radius 3 is 2.28 bits per heavy atom. The maximum atomic E-state index is 13.4. The van der Waals surface area contributed by atoms with Crippen LogP contribution in [0.4, 0.5) is 11.4 Å². The third-order valence-electron chi connectivity index (χ3n) is 6.25. The molecule has 11 heteroatoms. The monoisotopic (exact) mass is 589 g/mol. The van der Waals surface area contributed by atoms with Crippen LogP contribution in [0.15, 0.2) is 72.8 Å². The fourth-order valence-electron chi connectivity index (χ4n) is 4.33. The van der Waals surface area contributed by atoms with Crippen molar-refractivity contribution < 1.29 is 22.7 Å². The summed E-state index contributed by atoms with van der Waals surface area (Å²) in [5, 5.41) is 3.97. The number of amides is 1. The Morgan fingerprint density at radius 1 is 0.974 bits per heavy atom. The third-order valence-corrected chi connectivity index (χ3v) is 8.70. The van der Waals surface area contributed by atoms with Crippen LogP contribution in [0.1, 0.15) is 31.4 Å². The van der Waals surface area contributed by atoms with Gasteiger partial charge in [-0.3, -0.25) is 9.59 Å². The number of nitrogens with one attached hydrogen (secondary N) is 1. The standard InChI is InChI=1S/C28H29Cl2N3O5S/c1-19(2)15-25-28(35)33(39(36,37)32(25)17-20-9-4-3-5-10-20)18-38-26(34)16-21-11-6-7-14-24(21)31-27-22(29)12-8-13-23(27)30/h3-14,19,25,31H,15-18H2,1-2H3/t25-/m0/s1. The Hall–Kier alpha value is -3.11. The quantitative estimate of drug-likeness (QED) is 0.301. The van der Waals surface area contributed by atoms with Gasteiger partial charge in [0, 0.05) is 12.2 Å². The molecule has 1 heterocycles. The molecule has 4 rings (SSSR count). The minimum Gasteiger partial charge on any atom is -0.443 e. The van der Waals surface area contributed by atoms with Crippen molar-refractivity contribution in [3.05, 3.63) is 94.0 Å². The number of halogens is 2. The van der Waals surface area contributed by atoms with Crippen LogP contribution in [0.3, 0.4) is 0 Å². The van der Waals surface area contributed by atoms with Crippen molar-refractivity contribution in [3.8, 4) is 0 Å². The maximum Gasteiger partial charge on any atom is 0.312 e. The van der Waals surface area contributed by atoms with E-state index >= 15 is 0 Å². The van der Waals surface area contributed by atoms with Crippen molar-refractivity contribution in [2.75, 3.05) is 12.0 Å². The summed E-state index contributed by atoms with van der Waals surface area (Å²) in [6, 6.07) is 20.3. The molecule has 1 amide bonds. The number of carbonyl (C=O) groups is 2. The SMILES string of the molecule is CC(C)C[C@H]1C(=O)N(COC(=O)Cc2ccccc2Nc2c(Cl)cccc2Cl)S(=O)(=O)N1Cc1ccccc1. The van der Waals surface area contributed by atoms with Crippen LogP contribution in [-0.2, 0) is 37.5 Å². The molecule has 1 saturated heterocycles. The summed E-state index contributed by atoms with van der Waals surface area (Å²) in [5.74, 6) is -1.23. The Balaban J connectivity index is 1.47. The number of rotatable bonds is 10. The van der Waals surface area contributed by atoms with E-state index in [4.69, 9.17) is 27.9 Å². The van der Waals surface area contributed by atoms with Gasteiger partial charge in [-0.05, 0) is 41.7 Å². The van der Waals surface area contributed by atoms with Crippen molar-refractivity contribution in [3.63, 3.8) is 0 Å². The lowest BCUT2D eigenvalue weighted by molar-refractivity contribution is -0.148. The fourth-order valence-corrected chi connectivity index (χ4v) is 6.42. The van der Waals surface area contributed by atoms with Crippen molar-refractivity contribution in [2.24, 2.45) is 5.92 Å². The number of carbonyl (C=O) groups excluding carboxylic acids is 2. The molecular weight excluding hydrogens is 561 g/mol. The molecule has 39 heavy (non-hydrogen) atoms. The van der Waals surface area contributed by atoms with Gasteiger partial charge in [-0.2, -0.15) is 17.0 Å². The van der Waals surface area contributed by atoms with Gasteiger partial charge in [-0.15, -0.1) is 0 Å². The molecule has 1 atom stereocenters. The fraction of sp³-hybridized carbons (Fsp3) is 0.286. The molecule has 1 aliphatic rings. The Morgan fingerprint density at radius 2 is 1.62 bits per heavy atom. The number of para-hydroxylation sites is 2. The summed E-state index contributed by atoms with van der Waals surface area (Å²) in [5.41, 5.74) is 2.41. The minimum absolute atomic E-state index is 0.0421. The van der Waals surface area contributed by atoms with Gasteiger partial charge in [-0.25, -0.2) is 0 Å². The van der Waals surface area contributed by atoms with Gasteiger partial charge in [0.15, 0.2) is 6.73 Å². The first-order valence-electron chi connectivity index (χ1n) is 12.4. The van der Waals surface area contributed by atoms with E-state index in [1.807, 2.05) is 32.0 Å². The predicted octanol–water partition coefficient (Wildman–Crippen LogP) is 5.78. The number of hydrogen-bond donors (Lipinski definition) is 1. The van der Waals surface area contributed by atoms with E-state index in [0.29, 0.717) is 37.7 Å². The van der Waals surface area contributed by atoms with E-state index in [1.54, 1.807) is 54.6 Å². The molecule has 0 unspecified atom stereocenters. The van der Waals surface area contributed by atoms with Gasteiger partial charge in [0.1, 0.15) is 6.04 Å². The van der Waals surface area contributed by atoms with E-state index in [9.17, 15) is 18.0 Å². The van der Waals surface area contributed by atoms with Gasteiger partial charge in [-0.1, -0.05) is 91.6 Å². The molecule has 0 spiro atoms. The Kier molecular flexibility index (Phi) is 9.17. The summed E-state index contributed by atoms with van der Waals surface area (Å²) in [6.07, 6.45) is 0.176. The molecule has 0 bridgehead atoms. The average molecular weight is 591 g/mol. The molecule has 206 valence electrons. The van der Waals surface area contributed by atoms with Gasteiger partial charge in [0.05, 0.1) is 22.2 Å². The number of benzene rings is 3. The molecule has 0 aliphatic carbocycles. The highest BCUT2D eigenvalue weighted by Gasteiger charge is 2.50. The molecule has 3 aromatic rings. The molecule has 1 aliphatic heterocycles. The van der Waals surface area contributed by atoms with Crippen LogP contribution in [0, 0.1) is 5.92 Å². The zero-order valence-electron chi connectivity index (χ0n) is 21.5. The van der Waals surface area contributed by atoms with Crippen molar-refractivity contribution in [2.45, 2.75) is 39.3 Å². The van der Waals surface area contributed by atoms with Crippen LogP contribution in [0.25, 0.3) is 0 Å². The largest absolute Gasteiger partial charge is 0.443 e. The highest BCUT2D eigenvalue weighted by Crippen LogP contribution is 2.34. The number of nitrogens with zero attached hydrogens (tertiary/aromatic N) is 2. The van der Waals surface area contributed by atoms with Crippen molar-refractivity contribution in [1.29, 1.82) is 0 Å². The van der Waals surface area contributed by atoms with Gasteiger partial charge in [0.25, 0.3) is 5.91 Å². The Labute approximate surface area is 238 Å². The van der Waals surface area contributed by atoms with E-state index < -0.39 is 34.9 Å². The summed E-state index contributed by atoms with van der Waals surface area (Å²) < 4.78 is 33.9. The van der Waals surface area contributed by atoms with Crippen molar-refractivity contribution >= 4 is 56.7 Å². The lowest BCUT2D eigenvalue weighted by atomic mass is 10.0. The number of hydrogen-bond acceptors (Lipinski definition) is 6. The molecule has 1 N–H and O–H groups in total. The van der Waals surface area contributed by atoms with Gasteiger partial charge in [0.2, 0.25) is 0 Å². The summed E-state index contributed by atoms with van der Waals surface area (Å²) in [4.78, 5) is 26.0. The average Bonchev–Trinajstić information content (AvgIpc) is 3.05. The third kappa shape index (κ3) is 6.73. The van der Waals surface area contributed by atoms with E-state index in [1.165, 1.54) is 4.31 Å². The van der Waals surface area contributed by atoms with Crippen LogP contribution in [0.2, 0.25) is 10.0 Å². The minimum atomic E-state index is -4.20. The molecule has 0 radical (unpaired) electrons. The Bertz CT molecular complexity index is 1430. The lowest BCUT2D eigenvalue weighted by Gasteiger charge is -2.21. The second kappa shape index (κ2) is 12.4. The zero-order chi connectivity index (χ0) is 28.2. The molecule has 1 fully saturated rings. The molecule has 0 aromatic heterocycles. The molecule has 3 aromatic carbocycles. The molecule has 0 saturated carbocycles. The topological polar surface area (TPSA) is 96.0 Å². The highest BCUT2D eigenvalue weighted by molar-refractivity contribution is 7.87. The van der Waals surface area contributed by atoms with Crippen LogP contribution < -0.4 is 5.32 Å². The smallest absolute Gasteiger partial charge is 0.312 e. The first-order valence-corrected chi connectivity index (χ1v) is 14.5. The van der Waals surface area contributed by atoms with Crippen LogP contribution in [-0.4, -0.2) is 41.7 Å². The van der Waals surface area contributed by atoms with Gasteiger partial charge < -0.3 is 10.1 Å². The lowest BCUT2D eigenvalue weighted by Crippen LogP contribution is -2.36. The van der Waals surface area contributed by atoms with E-state index in [-0.39, 0.29) is 18.9 Å². The van der Waals surface area contributed by atoms with Crippen LogP contribution >= 0.6 is 23.2 Å². The van der Waals surface area contributed by atoms with E-state index in [0.717, 1.165) is 5.56 Å². The van der Waals surface area contributed by atoms with Gasteiger partial charge >= 0.3 is 16.2 Å².